The fourth-order valence-electron chi connectivity index (χ4n) is 6.56. The average Bonchev–Trinajstić information content (AvgIpc) is 3.17. The lowest BCUT2D eigenvalue weighted by atomic mass is 9.67. The van der Waals surface area contributed by atoms with Crippen LogP contribution in [-0.4, -0.2) is 26.4 Å². The maximum Gasteiger partial charge on any atom is 0.148 e. The first-order chi connectivity index (χ1) is 24.5. The summed E-state index contributed by atoms with van der Waals surface area (Å²) in [5, 5.41) is 3.75. The molecule has 0 atom stereocenters. The zero-order valence-corrected chi connectivity index (χ0v) is 27.7. The second kappa shape index (κ2) is 15.0. The number of ether oxygens (including phenoxy) is 4. The van der Waals surface area contributed by atoms with Gasteiger partial charge in [0.1, 0.15) is 49.4 Å². The lowest BCUT2D eigenvalue weighted by Crippen LogP contribution is -2.28. The van der Waals surface area contributed by atoms with Crippen LogP contribution in [0.4, 0.5) is 0 Å². The van der Waals surface area contributed by atoms with E-state index in [1.54, 1.807) is 0 Å². The van der Waals surface area contributed by atoms with E-state index in [0.717, 1.165) is 49.4 Å². The summed E-state index contributed by atoms with van der Waals surface area (Å²) in [6, 6.07) is 38.6. The van der Waals surface area contributed by atoms with Crippen molar-refractivity contribution in [3.63, 3.8) is 0 Å². The third kappa shape index (κ3) is 6.53. The molecule has 4 heteroatoms. The minimum atomic E-state index is -0.898. The molecule has 4 nitrogen and oxygen atoms in total. The van der Waals surface area contributed by atoms with Crippen LogP contribution in [-0.2, 0) is 5.41 Å². The van der Waals surface area contributed by atoms with Gasteiger partial charge in [-0.15, -0.1) is 25.7 Å². The van der Waals surface area contributed by atoms with Gasteiger partial charge in [0.05, 0.1) is 5.41 Å². The van der Waals surface area contributed by atoms with E-state index >= 15 is 0 Å². The van der Waals surface area contributed by atoms with Gasteiger partial charge in [0.15, 0.2) is 0 Å². The van der Waals surface area contributed by atoms with E-state index in [-0.39, 0.29) is 26.4 Å². The Morgan fingerprint density at radius 2 is 0.920 bits per heavy atom. The van der Waals surface area contributed by atoms with Gasteiger partial charge in [-0.2, -0.15) is 0 Å². The Labute approximate surface area is 294 Å². The van der Waals surface area contributed by atoms with E-state index in [2.05, 4.69) is 67.0 Å². The van der Waals surface area contributed by atoms with E-state index in [9.17, 15) is 0 Å². The Kier molecular flexibility index (Phi) is 9.96. The molecule has 0 radical (unpaired) electrons. The minimum absolute atomic E-state index is 0.0801. The molecule has 6 rings (SSSR count). The Balaban J connectivity index is 1.71. The molecule has 0 heterocycles. The monoisotopic (exact) mass is 650 g/mol. The van der Waals surface area contributed by atoms with Crippen LogP contribution >= 0.6 is 0 Å². The molecular formula is C46H34O4. The van der Waals surface area contributed by atoms with Gasteiger partial charge in [-0.1, -0.05) is 103 Å². The highest BCUT2D eigenvalue weighted by Crippen LogP contribution is 2.52. The van der Waals surface area contributed by atoms with Crippen LogP contribution in [0.1, 0.15) is 23.6 Å². The summed E-state index contributed by atoms with van der Waals surface area (Å²) in [5.41, 5.74) is 4.09. The Morgan fingerprint density at radius 3 is 1.38 bits per heavy atom. The number of hydrogen-bond acceptors (Lipinski definition) is 4. The smallest absolute Gasteiger partial charge is 0.148 e. The quantitative estimate of drug-likeness (QED) is 0.0979. The number of hydrogen-bond donors (Lipinski definition) is 0. The molecule has 6 aromatic carbocycles. The lowest BCUT2D eigenvalue weighted by molar-refractivity contribution is 0.354. The Hall–Kier alpha value is -6.72. The number of fused-ring (bicyclic) bond motifs is 2. The fourth-order valence-corrected chi connectivity index (χ4v) is 6.56. The van der Waals surface area contributed by atoms with E-state index in [0.29, 0.717) is 23.0 Å². The van der Waals surface area contributed by atoms with Crippen LogP contribution in [0.3, 0.4) is 0 Å². The summed E-state index contributed by atoms with van der Waals surface area (Å²) in [6.07, 6.45) is 22.5. The predicted octanol–water partition coefficient (Wildman–Crippen LogP) is 9.06. The molecule has 0 aliphatic carbocycles. The van der Waals surface area contributed by atoms with E-state index in [1.807, 2.05) is 78.9 Å². The van der Waals surface area contributed by atoms with Crippen molar-refractivity contribution >= 4 is 21.5 Å². The molecule has 0 unspecified atom stereocenters. The molecule has 6 aromatic rings. The van der Waals surface area contributed by atoms with E-state index in [1.165, 1.54) is 0 Å². The fraction of sp³-hybridized carbons (Fsp3) is 0.130. The minimum Gasteiger partial charge on any atom is -0.481 e. The number of rotatable bonds is 12. The highest BCUT2D eigenvalue weighted by molar-refractivity contribution is 5.96. The normalized spacial score (nSPS) is 10.7. The van der Waals surface area contributed by atoms with Crippen molar-refractivity contribution in [3.8, 4) is 83.5 Å². The standard InChI is InChI=1S/C46H34O4/c1-6-27-47-38-21-23-40-35(31-38)17-25-42(49-29-8-3)44(40)46(5,37-19-15-34(16-20-37)33-13-11-10-12-14-33)45-41-24-22-39(48-28-7-2)32-36(41)18-26-43(45)50-30-9-4/h1-4,10-26,31-32H,27-30H2,5H3. The SMILES string of the molecule is C#CCOc1ccc2c(C(C)(c3ccc(-c4ccccc4)cc3)c3c(OCC#C)ccc4cc(OCC#C)ccc34)c(OCC#C)ccc2c1. The molecular weight excluding hydrogens is 617 g/mol. The Bertz CT molecular complexity index is 2200. The van der Waals surface area contributed by atoms with Gasteiger partial charge >= 0.3 is 0 Å². The second-order valence-corrected chi connectivity index (χ2v) is 11.7. The Morgan fingerprint density at radius 1 is 0.480 bits per heavy atom. The zero-order valence-electron chi connectivity index (χ0n) is 27.7. The van der Waals surface area contributed by atoms with E-state index in [4.69, 9.17) is 44.6 Å². The van der Waals surface area contributed by atoms with Crippen LogP contribution in [0.2, 0.25) is 0 Å². The molecule has 0 aromatic heterocycles. The van der Waals surface area contributed by atoms with Crippen molar-refractivity contribution in [1.29, 1.82) is 0 Å². The predicted molar refractivity (Wildman–Crippen MR) is 203 cm³/mol. The molecule has 0 saturated carbocycles. The number of terminal acetylenes is 4. The van der Waals surface area contributed by atoms with Gasteiger partial charge < -0.3 is 18.9 Å². The molecule has 50 heavy (non-hydrogen) atoms. The molecule has 0 saturated heterocycles. The molecule has 0 spiro atoms. The molecule has 0 aliphatic rings. The second-order valence-electron chi connectivity index (χ2n) is 11.7. The van der Waals surface area contributed by atoms with Gasteiger partial charge in [-0.05, 0) is 81.6 Å². The van der Waals surface area contributed by atoms with Gasteiger partial charge in [0.25, 0.3) is 0 Å². The number of benzene rings is 6. The van der Waals surface area contributed by atoms with Gasteiger partial charge in [0, 0.05) is 11.1 Å². The first-order valence-electron chi connectivity index (χ1n) is 16.1. The van der Waals surface area contributed by atoms with Gasteiger partial charge in [-0.25, -0.2) is 0 Å². The van der Waals surface area contributed by atoms with Gasteiger partial charge in [0.2, 0.25) is 0 Å². The summed E-state index contributed by atoms with van der Waals surface area (Å²) >= 11 is 0. The van der Waals surface area contributed by atoms with E-state index < -0.39 is 5.41 Å². The van der Waals surface area contributed by atoms with Gasteiger partial charge in [-0.3, -0.25) is 0 Å². The molecule has 0 bridgehead atoms. The lowest BCUT2D eigenvalue weighted by Gasteiger charge is -2.36. The molecule has 0 aliphatic heterocycles. The van der Waals surface area contributed by atoms with Crippen molar-refractivity contribution in [2.24, 2.45) is 0 Å². The third-order valence-corrected chi connectivity index (χ3v) is 8.74. The van der Waals surface area contributed by atoms with Crippen LogP contribution in [0, 0.1) is 49.4 Å². The van der Waals surface area contributed by atoms with Crippen molar-refractivity contribution < 1.29 is 18.9 Å². The first-order valence-corrected chi connectivity index (χ1v) is 16.1. The summed E-state index contributed by atoms with van der Waals surface area (Å²) < 4.78 is 24.3. The molecule has 0 N–H and O–H groups in total. The maximum atomic E-state index is 6.36. The van der Waals surface area contributed by atoms with Crippen molar-refractivity contribution in [3.05, 3.63) is 132 Å². The van der Waals surface area contributed by atoms with Crippen LogP contribution in [0.25, 0.3) is 32.7 Å². The summed E-state index contributed by atoms with van der Waals surface area (Å²) in [4.78, 5) is 0. The average molecular weight is 651 g/mol. The summed E-state index contributed by atoms with van der Waals surface area (Å²) in [7, 11) is 0. The topological polar surface area (TPSA) is 36.9 Å². The van der Waals surface area contributed by atoms with Crippen LogP contribution in [0.15, 0.2) is 115 Å². The first kappa shape index (κ1) is 33.2. The van der Waals surface area contributed by atoms with Crippen molar-refractivity contribution in [1.82, 2.24) is 0 Å². The van der Waals surface area contributed by atoms with Crippen LogP contribution < -0.4 is 18.9 Å². The van der Waals surface area contributed by atoms with Crippen molar-refractivity contribution in [2.75, 3.05) is 26.4 Å². The maximum absolute atomic E-state index is 6.36. The molecule has 242 valence electrons. The third-order valence-electron chi connectivity index (χ3n) is 8.74. The largest absolute Gasteiger partial charge is 0.481 e. The molecule has 0 amide bonds. The van der Waals surface area contributed by atoms with Crippen LogP contribution in [0.5, 0.6) is 23.0 Å². The zero-order chi connectivity index (χ0) is 34.9. The highest BCUT2D eigenvalue weighted by atomic mass is 16.5. The summed E-state index contributed by atoms with van der Waals surface area (Å²) in [6.45, 7) is 2.66. The highest BCUT2D eigenvalue weighted by Gasteiger charge is 2.39. The molecule has 0 fully saturated rings. The van der Waals surface area contributed by atoms with Crippen molar-refractivity contribution in [2.45, 2.75) is 12.3 Å². The summed E-state index contributed by atoms with van der Waals surface area (Å²) in [5.74, 6) is 12.9.